The highest BCUT2D eigenvalue weighted by molar-refractivity contribution is 5.83. The van der Waals surface area contributed by atoms with E-state index in [1.807, 2.05) is 13.8 Å². The van der Waals surface area contributed by atoms with E-state index in [0.717, 1.165) is 12.0 Å². The van der Waals surface area contributed by atoms with Crippen LogP contribution >= 0.6 is 0 Å². The van der Waals surface area contributed by atoms with Crippen molar-refractivity contribution in [3.8, 4) is 0 Å². The summed E-state index contributed by atoms with van der Waals surface area (Å²) in [6.07, 6.45) is 11.9. The molecular formula is C20H34O2. The molecule has 0 aromatic heterocycles. The second-order valence-corrected chi connectivity index (χ2v) is 6.09. The lowest BCUT2D eigenvalue weighted by Gasteiger charge is -2.11. The van der Waals surface area contributed by atoms with Gasteiger partial charge in [-0.15, -0.1) is 0 Å². The van der Waals surface area contributed by atoms with Gasteiger partial charge < -0.3 is 4.74 Å². The lowest BCUT2D eigenvalue weighted by Crippen LogP contribution is -2.00. The van der Waals surface area contributed by atoms with Crippen LogP contribution < -0.4 is 0 Å². The van der Waals surface area contributed by atoms with Gasteiger partial charge in [-0.25, -0.2) is 4.79 Å². The Balaban J connectivity index is 4.34. The molecule has 0 saturated heterocycles. The molecule has 0 radical (unpaired) electrons. The van der Waals surface area contributed by atoms with Crippen molar-refractivity contribution in [2.75, 3.05) is 6.61 Å². The van der Waals surface area contributed by atoms with E-state index in [-0.39, 0.29) is 5.97 Å². The van der Waals surface area contributed by atoms with E-state index < -0.39 is 0 Å². The van der Waals surface area contributed by atoms with Gasteiger partial charge in [0.2, 0.25) is 0 Å². The zero-order valence-corrected chi connectivity index (χ0v) is 15.4. The summed E-state index contributed by atoms with van der Waals surface area (Å²) in [5, 5.41) is 0. The zero-order chi connectivity index (χ0) is 17.0. The number of esters is 1. The monoisotopic (exact) mass is 306 g/mol. The average molecular weight is 306 g/mol. The minimum atomic E-state index is -0.256. The molecule has 0 rings (SSSR count). The van der Waals surface area contributed by atoms with Crippen molar-refractivity contribution in [1.82, 2.24) is 0 Å². The van der Waals surface area contributed by atoms with Crippen molar-refractivity contribution < 1.29 is 9.53 Å². The first-order valence-corrected chi connectivity index (χ1v) is 8.62. The predicted molar refractivity (Wildman–Crippen MR) is 95.8 cm³/mol. The van der Waals surface area contributed by atoms with Gasteiger partial charge in [0, 0.05) is 6.08 Å². The van der Waals surface area contributed by atoms with Crippen LogP contribution in [-0.2, 0) is 9.53 Å². The van der Waals surface area contributed by atoms with Crippen LogP contribution in [0.1, 0.15) is 73.6 Å². The highest BCUT2D eigenvalue weighted by Crippen LogP contribution is 2.19. The van der Waals surface area contributed by atoms with Crippen LogP contribution in [-0.4, -0.2) is 12.6 Å². The summed E-state index contributed by atoms with van der Waals surface area (Å²) < 4.78 is 4.92. The molecule has 0 aliphatic carbocycles. The number of carbonyl (C=O) groups is 1. The Kier molecular flexibility index (Phi) is 11.5. The normalized spacial score (nSPS) is 13.7. The molecule has 22 heavy (non-hydrogen) atoms. The van der Waals surface area contributed by atoms with Crippen LogP contribution in [0.15, 0.2) is 34.9 Å². The summed E-state index contributed by atoms with van der Waals surface area (Å²) >= 11 is 0. The Bertz CT molecular complexity index is 407. The number of carbonyl (C=O) groups excluding carboxylic acids is 1. The van der Waals surface area contributed by atoms with Gasteiger partial charge in [-0.2, -0.15) is 0 Å². The Labute approximate surface area is 137 Å². The standard InChI is InChI=1S/C20H34O2/c1-7-19(8-2)12-10-11-16(4)13-17(5)14-18(6)15-20(21)22-9-3/h12,14-16H,7-11,13H2,1-6H3. The topological polar surface area (TPSA) is 26.3 Å². The van der Waals surface area contributed by atoms with Gasteiger partial charge in [0.05, 0.1) is 6.61 Å². The molecule has 0 saturated carbocycles. The molecule has 0 amide bonds. The molecule has 0 aromatic carbocycles. The van der Waals surface area contributed by atoms with Crippen molar-refractivity contribution in [2.45, 2.75) is 73.6 Å². The first kappa shape index (κ1) is 20.7. The maximum Gasteiger partial charge on any atom is 0.330 e. The predicted octanol–water partition coefficient (Wildman–Crippen LogP) is 5.99. The van der Waals surface area contributed by atoms with Crippen molar-refractivity contribution in [3.05, 3.63) is 34.9 Å². The van der Waals surface area contributed by atoms with Crippen molar-refractivity contribution in [2.24, 2.45) is 5.92 Å². The molecule has 0 N–H and O–H groups in total. The Morgan fingerprint density at radius 2 is 1.73 bits per heavy atom. The maximum absolute atomic E-state index is 11.4. The third-order valence-corrected chi connectivity index (χ3v) is 3.78. The number of hydrogen-bond donors (Lipinski definition) is 0. The van der Waals surface area contributed by atoms with E-state index >= 15 is 0 Å². The summed E-state index contributed by atoms with van der Waals surface area (Å²) in [6.45, 7) is 13.1. The second kappa shape index (κ2) is 12.3. The molecule has 2 nitrogen and oxygen atoms in total. The molecule has 1 unspecified atom stereocenters. The minimum Gasteiger partial charge on any atom is -0.463 e. The van der Waals surface area contributed by atoms with Crippen molar-refractivity contribution in [1.29, 1.82) is 0 Å². The van der Waals surface area contributed by atoms with Crippen LogP contribution in [0, 0.1) is 5.92 Å². The number of hydrogen-bond acceptors (Lipinski definition) is 2. The molecule has 0 bridgehead atoms. The smallest absolute Gasteiger partial charge is 0.330 e. The second-order valence-electron chi connectivity index (χ2n) is 6.09. The Morgan fingerprint density at radius 1 is 1.09 bits per heavy atom. The molecule has 2 heteroatoms. The van der Waals surface area contributed by atoms with E-state index in [1.165, 1.54) is 31.3 Å². The molecule has 0 fully saturated rings. The summed E-state index contributed by atoms with van der Waals surface area (Å²) in [5.74, 6) is 0.409. The first-order valence-electron chi connectivity index (χ1n) is 8.62. The third-order valence-electron chi connectivity index (χ3n) is 3.78. The van der Waals surface area contributed by atoms with Crippen LogP contribution in [0.5, 0.6) is 0 Å². The SMILES string of the molecule is CCOC(=O)C=C(C)C=C(C)CC(C)CCC=C(CC)CC. The van der Waals surface area contributed by atoms with Gasteiger partial charge in [0.25, 0.3) is 0 Å². The Morgan fingerprint density at radius 3 is 2.27 bits per heavy atom. The lowest BCUT2D eigenvalue weighted by atomic mass is 9.95. The molecule has 1 atom stereocenters. The van der Waals surface area contributed by atoms with E-state index in [1.54, 1.807) is 11.6 Å². The van der Waals surface area contributed by atoms with Crippen LogP contribution in [0.3, 0.4) is 0 Å². The Hall–Kier alpha value is -1.31. The van der Waals surface area contributed by atoms with E-state index in [9.17, 15) is 4.79 Å². The first-order chi connectivity index (χ1) is 10.4. The van der Waals surface area contributed by atoms with Gasteiger partial charge in [-0.1, -0.05) is 44.1 Å². The number of ether oxygens (including phenoxy) is 1. The summed E-state index contributed by atoms with van der Waals surface area (Å²) in [7, 11) is 0. The van der Waals surface area contributed by atoms with E-state index in [4.69, 9.17) is 4.74 Å². The molecule has 0 spiro atoms. The molecule has 0 aliphatic rings. The van der Waals surface area contributed by atoms with Crippen molar-refractivity contribution >= 4 is 5.97 Å². The lowest BCUT2D eigenvalue weighted by molar-refractivity contribution is -0.137. The quantitative estimate of drug-likeness (QED) is 0.214. The van der Waals surface area contributed by atoms with Gasteiger partial charge in [-0.05, 0) is 64.4 Å². The summed E-state index contributed by atoms with van der Waals surface area (Å²) in [5.41, 5.74) is 3.84. The number of rotatable bonds is 10. The average Bonchev–Trinajstić information content (AvgIpc) is 2.43. The fraction of sp³-hybridized carbons (Fsp3) is 0.650. The van der Waals surface area contributed by atoms with Crippen LogP contribution in [0.4, 0.5) is 0 Å². The van der Waals surface area contributed by atoms with E-state index in [2.05, 4.69) is 39.8 Å². The van der Waals surface area contributed by atoms with Gasteiger partial charge in [-0.3, -0.25) is 0 Å². The minimum absolute atomic E-state index is 0.256. The molecular weight excluding hydrogens is 272 g/mol. The zero-order valence-electron chi connectivity index (χ0n) is 15.4. The highest BCUT2D eigenvalue weighted by atomic mass is 16.5. The van der Waals surface area contributed by atoms with Crippen LogP contribution in [0.2, 0.25) is 0 Å². The van der Waals surface area contributed by atoms with Crippen LogP contribution in [0.25, 0.3) is 0 Å². The van der Waals surface area contributed by atoms with Crippen molar-refractivity contribution in [3.63, 3.8) is 0 Å². The maximum atomic E-state index is 11.4. The van der Waals surface area contributed by atoms with Gasteiger partial charge in [0.15, 0.2) is 0 Å². The molecule has 126 valence electrons. The third kappa shape index (κ3) is 10.4. The summed E-state index contributed by atoms with van der Waals surface area (Å²) in [6, 6.07) is 0. The fourth-order valence-corrected chi connectivity index (χ4v) is 2.62. The van der Waals surface area contributed by atoms with Gasteiger partial charge in [0.1, 0.15) is 0 Å². The fourth-order valence-electron chi connectivity index (χ4n) is 2.62. The molecule has 0 heterocycles. The highest BCUT2D eigenvalue weighted by Gasteiger charge is 2.03. The molecule has 0 aromatic rings. The van der Waals surface area contributed by atoms with E-state index in [0.29, 0.717) is 12.5 Å². The largest absolute Gasteiger partial charge is 0.463 e. The summed E-state index contributed by atoms with van der Waals surface area (Å²) in [4.78, 5) is 11.4. The number of allylic oxidation sites excluding steroid dienone is 5. The molecule has 0 aliphatic heterocycles. The van der Waals surface area contributed by atoms with Gasteiger partial charge >= 0.3 is 5.97 Å².